The second-order valence-electron chi connectivity index (χ2n) is 9.36. The Morgan fingerprint density at radius 1 is 1.06 bits per heavy atom. The lowest BCUT2D eigenvalue weighted by Crippen LogP contribution is -2.33. The summed E-state index contributed by atoms with van der Waals surface area (Å²) in [5.74, 6) is -0.966. The van der Waals surface area contributed by atoms with E-state index >= 15 is 0 Å². The van der Waals surface area contributed by atoms with Gasteiger partial charge in [0.1, 0.15) is 6.17 Å². The number of anilines is 2. The van der Waals surface area contributed by atoms with Crippen molar-refractivity contribution >= 4 is 17.3 Å². The number of hydrogen-bond donors (Lipinski definition) is 2. The molecule has 0 aromatic heterocycles. The normalized spacial score (nSPS) is 16.6. The summed E-state index contributed by atoms with van der Waals surface area (Å²) >= 11 is 0. The minimum Gasteiger partial charge on any atom is -0.398 e. The molecule has 0 bridgehead atoms. The van der Waals surface area contributed by atoms with Crippen LogP contribution in [0.15, 0.2) is 36.4 Å². The Labute approximate surface area is 203 Å². The number of alkyl halides is 5. The summed E-state index contributed by atoms with van der Waals surface area (Å²) in [6, 6.07) is 8.24. The molecule has 0 saturated heterocycles. The summed E-state index contributed by atoms with van der Waals surface area (Å²) in [5.41, 5.74) is 8.72. The highest BCUT2D eigenvalue weighted by Gasteiger charge is 2.31. The van der Waals surface area contributed by atoms with E-state index in [0.29, 0.717) is 47.3 Å². The maximum Gasteiger partial charge on any atom is 0.416 e. The van der Waals surface area contributed by atoms with E-state index in [-0.39, 0.29) is 12.3 Å². The van der Waals surface area contributed by atoms with Crippen LogP contribution in [0.3, 0.4) is 0 Å². The van der Waals surface area contributed by atoms with Gasteiger partial charge in [-0.25, -0.2) is 8.78 Å². The molecule has 1 aliphatic carbocycles. The Kier molecular flexibility index (Phi) is 9.14. The molecule has 0 radical (unpaired) electrons. The predicted molar refractivity (Wildman–Crippen MR) is 129 cm³/mol. The predicted octanol–water partition coefficient (Wildman–Crippen LogP) is 7.73. The van der Waals surface area contributed by atoms with E-state index in [4.69, 9.17) is 5.73 Å². The summed E-state index contributed by atoms with van der Waals surface area (Å²) in [6.45, 7) is 1.87. The molecule has 192 valence electrons. The van der Waals surface area contributed by atoms with Crippen molar-refractivity contribution in [3.05, 3.63) is 58.7 Å². The summed E-state index contributed by atoms with van der Waals surface area (Å²) in [7, 11) is 0. The van der Waals surface area contributed by atoms with Crippen LogP contribution in [-0.2, 0) is 17.4 Å². The van der Waals surface area contributed by atoms with Gasteiger partial charge in [-0.2, -0.15) is 13.2 Å². The lowest BCUT2D eigenvalue weighted by molar-refractivity contribution is -0.137. The molecule has 8 heteroatoms. The van der Waals surface area contributed by atoms with Gasteiger partial charge in [0.25, 0.3) is 5.91 Å². The Morgan fingerprint density at radius 3 is 2.31 bits per heavy atom. The fourth-order valence-electron chi connectivity index (χ4n) is 4.72. The fraction of sp³-hybridized carbons (Fsp3) is 0.519. The lowest BCUT2D eigenvalue weighted by Gasteiger charge is -2.27. The number of benzene rings is 2. The molecular formula is C27H33F5N2O. The Hall–Kier alpha value is -2.64. The first kappa shape index (κ1) is 27.0. The number of nitrogen functional groups attached to an aromatic ring is 1. The maximum atomic E-state index is 14.5. The molecule has 2 atom stereocenters. The minimum absolute atomic E-state index is 0.0191. The molecule has 1 amide bonds. The largest absolute Gasteiger partial charge is 0.416 e. The van der Waals surface area contributed by atoms with Crippen molar-refractivity contribution in [2.45, 2.75) is 89.1 Å². The zero-order chi connectivity index (χ0) is 25.6. The van der Waals surface area contributed by atoms with Gasteiger partial charge in [-0.1, -0.05) is 57.2 Å². The minimum atomic E-state index is -4.41. The van der Waals surface area contributed by atoms with E-state index in [9.17, 15) is 26.7 Å². The number of amides is 1. The number of hydrogen-bond acceptors (Lipinski definition) is 2. The molecule has 0 heterocycles. The number of carbonyl (C=O) groups is 1. The van der Waals surface area contributed by atoms with Crippen molar-refractivity contribution in [3.8, 4) is 0 Å². The number of halogens is 5. The van der Waals surface area contributed by atoms with Gasteiger partial charge in [0.2, 0.25) is 6.17 Å². The molecule has 0 aliphatic heterocycles. The Balaban J connectivity index is 1.86. The highest BCUT2D eigenvalue weighted by Crippen LogP contribution is 2.41. The van der Waals surface area contributed by atoms with Gasteiger partial charge in [0.15, 0.2) is 0 Å². The van der Waals surface area contributed by atoms with E-state index in [2.05, 4.69) is 5.32 Å². The molecule has 1 saturated carbocycles. The summed E-state index contributed by atoms with van der Waals surface area (Å²) < 4.78 is 67.3. The molecule has 2 aromatic carbocycles. The van der Waals surface area contributed by atoms with Crippen LogP contribution < -0.4 is 11.1 Å². The number of rotatable bonds is 9. The second-order valence-corrected chi connectivity index (χ2v) is 9.36. The van der Waals surface area contributed by atoms with Crippen LogP contribution in [-0.4, -0.2) is 18.3 Å². The SMILES string of the molecule is CCCC[C@@H](F)[C@H](F)C(=O)Nc1ccc(Cc2ccc(C(F)(F)F)cc2)c(N)c1C1CCCCC1. The number of nitrogens with one attached hydrogen (secondary N) is 1. The summed E-state index contributed by atoms with van der Waals surface area (Å²) in [6.07, 6.45) is -2.25. The smallest absolute Gasteiger partial charge is 0.398 e. The number of nitrogens with two attached hydrogens (primary N) is 1. The molecule has 35 heavy (non-hydrogen) atoms. The van der Waals surface area contributed by atoms with Gasteiger partial charge in [-0.3, -0.25) is 4.79 Å². The number of carbonyl (C=O) groups excluding carboxylic acids is 1. The number of unbranched alkanes of at least 4 members (excludes halogenated alkanes) is 1. The van der Waals surface area contributed by atoms with E-state index in [0.717, 1.165) is 44.2 Å². The van der Waals surface area contributed by atoms with Gasteiger partial charge in [-0.15, -0.1) is 0 Å². The van der Waals surface area contributed by atoms with Crippen LogP contribution in [0.2, 0.25) is 0 Å². The summed E-state index contributed by atoms with van der Waals surface area (Å²) in [5, 5.41) is 2.56. The van der Waals surface area contributed by atoms with E-state index in [1.165, 1.54) is 12.1 Å². The van der Waals surface area contributed by atoms with Crippen LogP contribution in [0.1, 0.15) is 86.5 Å². The molecule has 3 nitrogen and oxygen atoms in total. The molecule has 0 unspecified atom stereocenters. The van der Waals surface area contributed by atoms with Gasteiger partial charge >= 0.3 is 6.18 Å². The zero-order valence-corrected chi connectivity index (χ0v) is 19.9. The lowest BCUT2D eigenvalue weighted by atomic mass is 9.81. The zero-order valence-electron chi connectivity index (χ0n) is 19.9. The van der Waals surface area contributed by atoms with Crippen molar-refractivity contribution in [1.82, 2.24) is 0 Å². The Morgan fingerprint density at radius 2 is 1.71 bits per heavy atom. The van der Waals surface area contributed by atoms with Crippen molar-refractivity contribution in [2.75, 3.05) is 11.1 Å². The highest BCUT2D eigenvalue weighted by molar-refractivity contribution is 5.96. The molecule has 0 spiro atoms. The molecule has 1 fully saturated rings. The van der Waals surface area contributed by atoms with E-state index in [1.807, 2.05) is 6.92 Å². The van der Waals surface area contributed by atoms with Crippen LogP contribution >= 0.6 is 0 Å². The monoisotopic (exact) mass is 496 g/mol. The molecular weight excluding hydrogens is 463 g/mol. The molecule has 1 aliphatic rings. The van der Waals surface area contributed by atoms with Crippen molar-refractivity contribution in [3.63, 3.8) is 0 Å². The molecule has 2 aromatic rings. The summed E-state index contributed by atoms with van der Waals surface area (Å²) in [4.78, 5) is 12.5. The third-order valence-electron chi connectivity index (χ3n) is 6.73. The van der Waals surface area contributed by atoms with Crippen LogP contribution in [0, 0.1) is 0 Å². The maximum absolute atomic E-state index is 14.5. The third-order valence-corrected chi connectivity index (χ3v) is 6.73. The highest BCUT2D eigenvalue weighted by atomic mass is 19.4. The standard InChI is InChI=1S/C27H33F5N2O/c1-2-3-9-21(28)24(29)26(35)34-22-15-12-19(25(33)23(22)18-7-5-4-6-8-18)16-17-10-13-20(14-11-17)27(30,31)32/h10-15,18,21,24H,2-9,16,33H2,1H3,(H,34,35)/t21-,24+/m1/s1. The molecule has 3 rings (SSSR count). The van der Waals surface area contributed by atoms with Crippen LogP contribution in [0.4, 0.5) is 33.3 Å². The second kappa shape index (κ2) is 11.9. The van der Waals surface area contributed by atoms with E-state index < -0.39 is 30.0 Å². The van der Waals surface area contributed by atoms with E-state index in [1.54, 1.807) is 12.1 Å². The van der Waals surface area contributed by atoms with Crippen molar-refractivity contribution in [1.29, 1.82) is 0 Å². The first-order valence-corrected chi connectivity index (χ1v) is 12.3. The first-order valence-electron chi connectivity index (χ1n) is 12.3. The van der Waals surface area contributed by atoms with Crippen molar-refractivity contribution in [2.24, 2.45) is 0 Å². The van der Waals surface area contributed by atoms with Gasteiger partial charge in [0, 0.05) is 16.9 Å². The Bertz CT molecular complexity index is 984. The van der Waals surface area contributed by atoms with Crippen LogP contribution in [0.5, 0.6) is 0 Å². The average Bonchev–Trinajstić information content (AvgIpc) is 2.84. The van der Waals surface area contributed by atoms with Gasteiger partial charge < -0.3 is 11.1 Å². The van der Waals surface area contributed by atoms with Crippen LogP contribution in [0.25, 0.3) is 0 Å². The third kappa shape index (κ3) is 6.95. The average molecular weight is 497 g/mol. The van der Waals surface area contributed by atoms with Gasteiger partial charge in [0.05, 0.1) is 5.56 Å². The quantitative estimate of drug-likeness (QED) is 0.276. The van der Waals surface area contributed by atoms with Gasteiger partial charge in [-0.05, 0) is 60.9 Å². The molecule has 3 N–H and O–H groups in total. The first-order chi connectivity index (χ1) is 16.6. The topological polar surface area (TPSA) is 55.1 Å². The van der Waals surface area contributed by atoms with Crippen molar-refractivity contribution < 1.29 is 26.7 Å². The fourth-order valence-corrected chi connectivity index (χ4v) is 4.72.